The molecule has 1 atom stereocenters. The Kier molecular flexibility index (Phi) is 5.82. The number of rotatable bonds is 5. The van der Waals surface area contributed by atoms with Gasteiger partial charge in [-0.1, -0.05) is 18.2 Å². The maximum absolute atomic E-state index is 13.2. The standard InChI is InChI=1S/C23H24FN7O2/c24-18-6-8-20(9-7-18)31-21(25-26-27-31)16-28-10-12-29(13-11-28)23(33)17-14-22(32)30(15-17)19-4-2-1-3-5-19/h1-9,17H,10-16H2/t17-/m0/s1. The first kappa shape index (κ1) is 21.2. The van der Waals surface area contributed by atoms with Crippen molar-refractivity contribution in [1.82, 2.24) is 30.0 Å². The van der Waals surface area contributed by atoms with Crippen LogP contribution in [0.2, 0.25) is 0 Å². The number of tetrazole rings is 1. The Morgan fingerprint density at radius 3 is 2.42 bits per heavy atom. The quantitative estimate of drug-likeness (QED) is 0.587. The van der Waals surface area contributed by atoms with E-state index in [0.29, 0.717) is 50.8 Å². The van der Waals surface area contributed by atoms with Crippen molar-refractivity contribution in [2.24, 2.45) is 5.92 Å². The molecule has 2 aromatic carbocycles. The SMILES string of the molecule is O=C([C@H]1CC(=O)N(c2ccccc2)C1)N1CCN(Cc2nnnn2-c2ccc(F)cc2)CC1. The Hall–Kier alpha value is -3.66. The Morgan fingerprint density at radius 1 is 0.970 bits per heavy atom. The number of amides is 2. The van der Waals surface area contributed by atoms with Crippen LogP contribution in [-0.4, -0.2) is 74.5 Å². The molecular formula is C23H24FN7O2. The molecule has 5 rings (SSSR count). The zero-order chi connectivity index (χ0) is 22.8. The minimum Gasteiger partial charge on any atom is -0.340 e. The Morgan fingerprint density at radius 2 is 1.70 bits per heavy atom. The molecule has 3 heterocycles. The Bertz CT molecular complexity index is 1130. The van der Waals surface area contributed by atoms with Crippen molar-refractivity contribution < 1.29 is 14.0 Å². The van der Waals surface area contributed by atoms with Crippen LogP contribution in [0, 0.1) is 11.7 Å². The van der Waals surface area contributed by atoms with Crippen molar-refractivity contribution in [3.8, 4) is 5.69 Å². The van der Waals surface area contributed by atoms with Gasteiger partial charge in [0.1, 0.15) is 5.82 Å². The zero-order valence-corrected chi connectivity index (χ0v) is 18.0. The summed E-state index contributed by atoms with van der Waals surface area (Å²) in [4.78, 5) is 31.3. The van der Waals surface area contributed by atoms with Crippen molar-refractivity contribution in [2.45, 2.75) is 13.0 Å². The average molecular weight is 449 g/mol. The lowest BCUT2D eigenvalue weighted by Gasteiger charge is -2.35. The molecule has 170 valence electrons. The fraction of sp³-hybridized carbons (Fsp3) is 0.348. The number of benzene rings is 2. The summed E-state index contributed by atoms with van der Waals surface area (Å²) in [5, 5.41) is 11.9. The summed E-state index contributed by atoms with van der Waals surface area (Å²) < 4.78 is 14.8. The molecular weight excluding hydrogens is 425 g/mol. The maximum Gasteiger partial charge on any atom is 0.228 e. The summed E-state index contributed by atoms with van der Waals surface area (Å²) in [6, 6.07) is 15.5. The first-order valence-corrected chi connectivity index (χ1v) is 11.0. The lowest BCUT2D eigenvalue weighted by Crippen LogP contribution is -2.50. The molecule has 0 N–H and O–H groups in total. The first-order chi connectivity index (χ1) is 16.1. The van der Waals surface area contributed by atoms with Gasteiger partial charge in [0.05, 0.1) is 18.2 Å². The van der Waals surface area contributed by atoms with Gasteiger partial charge in [0, 0.05) is 44.8 Å². The van der Waals surface area contributed by atoms with Crippen LogP contribution < -0.4 is 4.90 Å². The van der Waals surface area contributed by atoms with Crippen molar-refractivity contribution in [2.75, 3.05) is 37.6 Å². The Labute approximate surface area is 190 Å². The van der Waals surface area contributed by atoms with Gasteiger partial charge in [0.25, 0.3) is 0 Å². The fourth-order valence-corrected chi connectivity index (χ4v) is 4.40. The molecule has 0 radical (unpaired) electrons. The predicted octanol–water partition coefficient (Wildman–Crippen LogP) is 1.50. The van der Waals surface area contributed by atoms with E-state index in [-0.39, 0.29) is 30.0 Å². The largest absolute Gasteiger partial charge is 0.340 e. The van der Waals surface area contributed by atoms with E-state index in [9.17, 15) is 14.0 Å². The van der Waals surface area contributed by atoms with E-state index in [1.165, 1.54) is 12.1 Å². The summed E-state index contributed by atoms with van der Waals surface area (Å²) >= 11 is 0. The number of aromatic nitrogens is 4. The lowest BCUT2D eigenvalue weighted by atomic mass is 10.1. The molecule has 2 fully saturated rings. The number of anilines is 1. The third-order valence-corrected chi connectivity index (χ3v) is 6.20. The van der Waals surface area contributed by atoms with Crippen LogP contribution >= 0.6 is 0 Å². The van der Waals surface area contributed by atoms with Crippen molar-refractivity contribution in [3.63, 3.8) is 0 Å². The third-order valence-electron chi connectivity index (χ3n) is 6.20. The summed E-state index contributed by atoms with van der Waals surface area (Å²) in [5.74, 6) is 0.0599. The number of para-hydroxylation sites is 1. The normalized spacial score (nSPS) is 19.3. The summed E-state index contributed by atoms with van der Waals surface area (Å²) in [6.45, 7) is 3.50. The van der Waals surface area contributed by atoms with E-state index < -0.39 is 0 Å². The molecule has 0 saturated carbocycles. The average Bonchev–Trinajstić information content (AvgIpc) is 3.47. The van der Waals surface area contributed by atoms with Crippen LogP contribution in [0.4, 0.5) is 10.1 Å². The van der Waals surface area contributed by atoms with Gasteiger partial charge in [-0.05, 0) is 46.8 Å². The van der Waals surface area contributed by atoms with Gasteiger partial charge in [0.15, 0.2) is 5.82 Å². The van der Waals surface area contributed by atoms with Crippen LogP contribution in [0.15, 0.2) is 54.6 Å². The topological polar surface area (TPSA) is 87.5 Å². The molecule has 33 heavy (non-hydrogen) atoms. The molecule has 0 aliphatic carbocycles. The number of halogens is 1. The minimum atomic E-state index is -0.315. The monoisotopic (exact) mass is 449 g/mol. The number of carbonyl (C=O) groups is 2. The number of piperazine rings is 1. The fourth-order valence-electron chi connectivity index (χ4n) is 4.40. The maximum atomic E-state index is 13.2. The first-order valence-electron chi connectivity index (χ1n) is 11.0. The van der Waals surface area contributed by atoms with Gasteiger partial charge in [-0.3, -0.25) is 14.5 Å². The van der Waals surface area contributed by atoms with Gasteiger partial charge < -0.3 is 9.80 Å². The highest BCUT2D eigenvalue weighted by atomic mass is 19.1. The second-order valence-corrected chi connectivity index (χ2v) is 8.33. The number of nitrogens with zero attached hydrogens (tertiary/aromatic N) is 7. The molecule has 2 amide bonds. The number of hydrogen-bond acceptors (Lipinski definition) is 6. The highest BCUT2D eigenvalue weighted by molar-refractivity contribution is 6.00. The predicted molar refractivity (Wildman–Crippen MR) is 118 cm³/mol. The van der Waals surface area contributed by atoms with Gasteiger partial charge in [-0.2, -0.15) is 4.68 Å². The number of hydrogen-bond donors (Lipinski definition) is 0. The second-order valence-electron chi connectivity index (χ2n) is 8.33. The van der Waals surface area contributed by atoms with Crippen LogP contribution in [0.1, 0.15) is 12.2 Å². The Balaban J connectivity index is 1.17. The van der Waals surface area contributed by atoms with Gasteiger partial charge >= 0.3 is 0 Å². The van der Waals surface area contributed by atoms with Crippen molar-refractivity contribution >= 4 is 17.5 Å². The molecule has 2 aliphatic heterocycles. The van der Waals surface area contributed by atoms with E-state index in [4.69, 9.17) is 0 Å². The summed E-state index contributed by atoms with van der Waals surface area (Å²) in [5.41, 5.74) is 1.53. The van der Waals surface area contributed by atoms with E-state index in [2.05, 4.69) is 20.4 Å². The van der Waals surface area contributed by atoms with E-state index in [0.717, 1.165) is 5.69 Å². The molecule has 9 nitrogen and oxygen atoms in total. The van der Waals surface area contributed by atoms with E-state index >= 15 is 0 Å². The van der Waals surface area contributed by atoms with Gasteiger partial charge in [-0.25, -0.2) is 4.39 Å². The lowest BCUT2D eigenvalue weighted by molar-refractivity contribution is -0.137. The second kappa shape index (κ2) is 9.07. The van der Waals surface area contributed by atoms with E-state index in [1.54, 1.807) is 21.7 Å². The van der Waals surface area contributed by atoms with Gasteiger partial charge in [0.2, 0.25) is 11.8 Å². The van der Waals surface area contributed by atoms with Gasteiger partial charge in [-0.15, -0.1) is 5.10 Å². The highest BCUT2D eigenvalue weighted by Gasteiger charge is 2.38. The van der Waals surface area contributed by atoms with Crippen LogP contribution in [-0.2, 0) is 16.1 Å². The molecule has 1 aromatic heterocycles. The van der Waals surface area contributed by atoms with Crippen molar-refractivity contribution in [1.29, 1.82) is 0 Å². The molecule has 2 saturated heterocycles. The molecule has 0 spiro atoms. The summed E-state index contributed by atoms with van der Waals surface area (Å²) in [7, 11) is 0. The number of carbonyl (C=O) groups excluding carboxylic acids is 2. The molecule has 10 heteroatoms. The summed E-state index contributed by atoms with van der Waals surface area (Å²) in [6.07, 6.45) is 0.250. The highest BCUT2D eigenvalue weighted by Crippen LogP contribution is 2.26. The van der Waals surface area contributed by atoms with Crippen molar-refractivity contribution in [3.05, 3.63) is 66.2 Å². The van der Waals surface area contributed by atoms with Crippen LogP contribution in [0.5, 0.6) is 0 Å². The molecule has 2 aliphatic rings. The smallest absolute Gasteiger partial charge is 0.228 e. The third kappa shape index (κ3) is 4.47. The van der Waals surface area contributed by atoms with Crippen LogP contribution in [0.25, 0.3) is 5.69 Å². The molecule has 3 aromatic rings. The minimum absolute atomic E-state index is 0.00850. The zero-order valence-electron chi connectivity index (χ0n) is 18.0. The molecule has 0 unspecified atom stereocenters. The van der Waals surface area contributed by atoms with Crippen LogP contribution in [0.3, 0.4) is 0 Å². The molecule has 0 bridgehead atoms. The van der Waals surface area contributed by atoms with E-state index in [1.807, 2.05) is 35.2 Å².